The molecule has 0 aromatic rings. The molecule has 1 fully saturated rings. The Morgan fingerprint density at radius 2 is 1.92 bits per heavy atom. The number of ether oxygens (including phenoxy) is 1. The van der Waals surface area contributed by atoms with E-state index in [0.29, 0.717) is 0 Å². The molecule has 0 amide bonds. The summed E-state index contributed by atoms with van der Waals surface area (Å²) in [6, 6.07) is -0.539. The van der Waals surface area contributed by atoms with Gasteiger partial charge in [-0.05, 0) is 6.92 Å². The first-order chi connectivity index (χ1) is 5.57. The van der Waals surface area contributed by atoms with Gasteiger partial charge >= 0.3 is 0 Å². The number of hydrogen-bond donors (Lipinski definition) is 4. The van der Waals surface area contributed by atoms with E-state index < -0.39 is 24.4 Å². The van der Waals surface area contributed by atoms with Gasteiger partial charge in [-0.2, -0.15) is 0 Å². The van der Waals surface area contributed by atoms with Gasteiger partial charge in [-0.3, -0.25) is 0 Å². The summed E-state index contributed by atoms with van der Waals surface area (Å²) in [6.45, 7) is 1.94. The number of aliphatic hydroxyl groups is 2. The molecule has 6 N–H and O–H groups in total. The summed E-state index contributed by atoms with van der Waals surface area (Å²) in [5.74, 6) is 0. The van der Waals surface area contributed by atoms with E-state index in [-0.39, 0.29) is 12.6 Å². The predicted octanol–water partition coefficient (Wildman–Crippen LogP) is -2.22. The Hall–Kier alpha value is -0.200. The molecule has 1 aliphatic rings. The van der Waals surface area contributed by atoms with E-state index in [9.17, 15) is 10.2 Å². The van der Waals surface area contributed by atoms with E-state index >= 15 is 0 Å². The third-order valence-corrected chi connectivity index (χ3v) is 2.29. The predicted molar refractivity (Wildman–Crippen MR) is 43.4 cm³/mol. The zero-order valence-corrected chi connectivity index (χ0v) is 7.05. The minimum Gasteiger partial charge on any atom is -0.389 e. The fraction of sp³-hybridized carbons (Fsp3) is 1.00. The molecular formula is C7H16N2O3. The van der Waals surface area contributed by atoms with Crippen molar-refractivity contribution >= 4 is 0 Å². The van der Waals surface area contributed by atoms with Crippen molar-refractivity contribution < 1.29 is 14.9 Å². The van der Waals surface area contributed by atoms with Crippen molar-refractivity contribution in [2.75, 3.05) is 6.54 Å². The van der Waals surface area contributed by atoms with E-state index in [2.05, 4.69) is 0 Å². The van der Waals surface area contributed by atoms with Crippen molar-refractivity contribution in [2.24, 2.45) is 11.5 Å². The van der Waals surface area contributed by atoms with E-state index in [1.54, 1.807) is 6.92 Å². The molecule has 0 bridgehead atoms. The van der Waals surface area contributed by atoms with Crippen LogP contribution in [0.15, 0.2) is 0 Å². The van der Waals surface area contributed by atoms with Crippen LogP contribution < -0.4 is 11.5 Å². The lowest BCUT2D eigenvalue weighted by Crippen LogP contribution is -2.61. The first-order valence-corrected chi connectivity index (χ1v) is 4.05. The number of rotatable bonds is 1. The second-order valence-corrected chi connectivity index (χ2v) is 3.17. The molecule has 0 aromatic heterocycles. The molecule has 5 nitrogen and oxygen atoms in total. The Bertz CT molecular complexity index is 151. The van der Waals surface area contributed by atoms with E-state index in [1.165, 1.54) is 0 Å². The SMILES string of the molecule is CC1OC(CN)[C@H](O)C(O)[C@@H]1N. The molecular weight excluding hydrogens is 160 g/mol. The maximum Gasteiger partial charge on any atom is 0.109 e. The lowest BCUT2D eigenvalue weighted by molar-refractivity contribution is -0.169. The molecule has 1 heterocycles. The lowest BCUT2D eigenvalue weighted by Gasteiger charge is -2.39. The highest BCUT2D eigenvalue weighted by Crippen LogP contribution is 2.18. The van der Waals surface area contributed by atoms with Gasteiger partial charge in [0.1, 0.15) is 12.2 Å². The average Bonchev–Trinajstić information content (AvgIpc) is 2.08. The molecule has 0 spiro atoms. The van der Waals surface area contributed by atoms with Crippen molar-refractivity contribution in [3.8, 4) is 0 Å². The first-order valence-electron chi connectivity index (χ1n) is 4.05. The Morgan fingerprint density at radius 1 is 1.33 bits per heavy atom. The smallest absolute Gasteiger partial charge is 0.109 e. The van der Waals surface area contributed by atoms with E-state index in [4.69, 9.17) is 16.2 Å². The van der Waals surface area contributed by atoms with E-state index in [1.807, 2.05) is 0 Å². The standard InChI is InChI=1S/C7H16N2O3/c1-3-5(9)7(11)6(10)4(2-8)12-3/h3-7,10-11H,2,8-9H2,1H3/t3?,4?,5-,6+,7?/m1/s1. The fourth-order valence-corrected chi connectivity index (χ4v) is 1.37. The molecule has 72 valence electrons. The highest BCUT2D eigenvalue weighted by molar-refractivity contribution is 4.93. The monoisotopic (exact) mass is 176 g/mol. The highest BCUT2D eigenvalue weighted by Gasteiger charge is 2.39. The van der Waals surface area contributed by atoms with Crippen molar-refractivity contribution in [1.29, 1.82) is 0 Å². The maximum atomic E-state index is 9.41. The molecule has 0 saturated carbocycles. The molecule has 0 aromatic carbocycles. The zero-order chi connectivity index (χ0) is 9.30. The highest BCUT2D eigenvalue weighted by atomic mass is 16.5. The van der Waals surface area contributed by atoms with Crippen LogP contribution in [-0.4, -0.2) is 47.2 Å². The third kappa shape index (κ3) is 1.60. The van der Waals surface area contributed by atoms with Crippen LogP contribution in [0.4, 0.5) is 0 Å². The first kappa shape index (κ1) is 9.88. The topological polar surface area (TPSA) is 102 Å². The van der Waals surface area contributed by atoms with Crippen LogP contribution >= 0.6 is 0 Å². The summed E-state index contributed by atoms with van der Waals surface area (Å²) < 4.78 is 5.27. The molecule has 1 saturated heterocycles. The van der Waals surface area contributed by atoms with Gasteiger partial charge in [0, 0.05) is 6.54 Å². The van der Waals surface area contributed by atoms with Crippen LogP contribution in [0.2, 0.25) is 0 Å². The van der Waals surface area contributed by atoms with Crippen LogP contribution in [0.5, 0.6) is 0 Å². The van der Waals surface area contributed by atoms with Crippen molar-refractivity contribution in [1.82, 2.24) is 0 Å². The Labute approximate surface area is 71.3 Å². The molecule has 5 atom stereocenters. The second-order valence-electron chi connectivity index (χ2n) is 3.17. The number of hydrogen-bond acceptors (Lipinski definition) is 5. The summed E-state index contributed by atoms with van der Waals surface area (Å²) in [5.41, 5.74) is 10.9. The maximum absolute atomic E-state index is 9.41. The van der Waals surface area contributed by atoms with Gasteiger partial charge in [-0.25, -0.2) is 0 Å². The summed E-state index contributed by atoms with van der Waals surface area (Å²) in [5, 5.41) is 18.8. The minimum atomic E-state index is -0.971. The summed E-state index contributed by atoms with van der Waals surface area (Å²) in [4.78, 5) is 0. The number of aliphatic hydroxyl groups excluding tert-OH is 2. The van der Waals surface area contributed by atoms with Crippen LogP contribution in [0.1, 0.15) is 6.92 Å². The largest absolute Gasteiger partial charge is 0.389 e. The van der Waals surface area contributed by atoms with Crippen molar-refractivity contribution in [3.05, 3.63) is 0 Å². The van der Waals surface area contributed by atoms with Gasteiger partial charge in [-0.15, -0.1) is 0 Å². The van der Waals surface area contributed by atoms with Crippen LogP contribution in [0.25, 0.3) is 0 Å². The molecule has 0 aliphatic carbocycles. The third-order valence-electron chi connectivity index (χ3n) is 2.29. The van der Waals surface area contributed by atoms with Crippen molar-refractivity contribution in [3.63, 3.8) is 0 Å². The molecule has 12 heavy (non-hydrogen) atoms. The van der Waals surface area contributed by atoms with E-state index in [0.717, 1.165) is 0 Å². The molecule has 3 unspecified atom stereocenters. The quantitative estimate of drug-likeness (QED) is 0.362. The Balaban J connectivity index is 2.63. The van der Waals surface area contributed by atoms with Gasteiger partial charge < -0.3 is 26.4 Å². The van der Waals surface area contributed by atoms with Crippen LogP contribution in [0, 0.1) is 0 Å². The second kappa shape index (κ2) is 3.68. The fourth-order valence-electron chi connectivity index (χ4n) is 1.37. The van der Waals surface area contributed by atoms with Crippen LogP contribution in [0.3, 0.4) is 0 Å². The van der Waals surface area contributed by atoms with Gasteiger partial charge in [0.25, 0.3) is 0 Å². The molecule has 0 radical (unpaired) electrons. The normalized spacial score (nSPS) is 49.2. The molecule has 1 rings (SSSR count). The summed E-state index contributed by atoms with van der Waals surface area (Å²) in [6.07, 6.45) is -2.68. The van der Waals surface area contributed by atoms with Gasteiger partial charge in [0.05, 0.1) is 18.2 Å². The lowest BCUT2D eigenvalue weighted by atomic mass is 9.94. The van der Waals surface area contributed by atoms with Gasteiger partial charge in [0.15, 0.2) is 0 Å². The van der Waals surface area contributed by atoms with Crippen LogP contribution in [-0.2, 0) is 4.74 Å². The van der Waals surface area contributed by atoms with Gasteiger partial charge in [0.2, 0.25) is 0 Å². The Morgan fingerprint density at radius 3 is 2.42 bits per heavy atom. The summed E-state index contributed by atoms with van der Waals surface area (Å²) in [7, 11) is 0. The zero-order valence-electron chi connectivity index (χ0n) is 7.05. The number of nitrogens with two attached hydrogens (primary N) is 2. The minimum absolute atomic E-state index is 0.190. The van der Waals surface area contributed by atoms with Gasteiger partial charge in [-0.1, -0.05) is 0 Å². The summed E-state index contributed by atoms with van der Waals surface area (Å²) >= 11 is 0. The van der Waals surface area contributed by atoms with Crippen molar-refractivity contribution in [2.45, 2.75) is 37.4 Å². The average molecular weight is 176 g/mol. The Kier molecular flexibility index (Phi) is 3.03. The molecule has 1 aliphatic heterocycles. The molecule has 5 heteroatoms.